The molecule has 2 aromatic heterocycles. The molecule has 2 nitrogen and oxygen atoms in total. The van der Waals surface area contributed by atoms with E-state index in [9.17, 15) is 0 Å². The smallest absolute Gasteiger partial charge is 0.172 e. The Morgan fingerprint density at radius 2 is 1.20 bits per heavy atom. The van der Waals surface area contributed by atoms with E-state index in [1.165, 1.54) is 31.3 Å². The lowest BCUT2D eigenvalue weighted by molar-refractivity contribution is 0.593. The Bertz CT molecular complexity index is 2720. The summed E-state index contributed by atoms with van der Waals surface area (Å²) in [7, 11) is -3.12. The van der Waals surface area contributed by atoms with Crippen molar-refractivity contribution >= 4 is 76.4 Å². The maximum Gasteiger partial charge on any atom is 0.172 e. The van der Waals surface area contributed by atoms with E-state index >= 15 is 4.57 Å². The van der Waals surface area contributed by atoms with E-state index in [1.54, 1.807) is 0 Å². The number of benzene rings is 7. The van der Waals surface area contributed by atoms with Crippen LogP contribution in [-0.4, -0.2) is 4.57 Å². The number of rotatable bonds is 3. The van der Waals surface area contributed by atoms with E-state index in [0.717, 1.165) is 54.5 Å². The van der Waals surface area contributed by atoms with E-state index in [-0.39, 0.29) is 0 Å². The van der Waals surface area contributed by atoms with Crippen molar-refractivity contribution in [1.82, 2.24) is 4.57 Å². The summed E-state index contributed by atoms with van der Waals surface area (Å²) in [4.78, 5) is 0. The fourth-order valence-corrected chi connectivity index (χ4v) is 11.9. The molecule has 3 heterocycles. The molecule has 0 fully saturated rings. The molecule has 4 heteroatoms. The van der Waals surface area contributed by atoms with E-state index < -0.39 is 7.14 Å². The molecule has 0 saturated carbocycles. The fourth-order valence-electron chi connectivity index (χ4n) is 7.58. The molecule has 0 bridgehead atoms. The second kappa shape index (κ2) is 9.64. The van der Waals surface area contributed by atoms with Crippen LogP contribution in [0.4, 0.5) is 0 Å². The van der Waals surface area contributed by atoms with Crippen LogP contribution in [0.15, 0.2) is 158 Å². The second-order valence-corrected chi connectivity index (χ2v) is 15.8. The van der Waals surface area contributed by atoms with Gasteiger partial charge in [0, 0.05) is 52.5 Å². The van der Waals surface area contributed by atoms with Crippen molar-refractivity contribution in [2.45, 2.75) is 0 Å². The Morgan fingerprint density at radius 1 is 0.500 bits per heavy atom. The fraction of sp³-hybridized carbons (Fsp3) is 0. The largest absolute Gasteiger partial charge is 0.309 e. The van der Waals surface area contributed by atoms with Gasteiger partial charge in [-0.1, -0.05) is 115 Å². The van der Waals surface area contributed by atoms with Crippen LogP contribution >= 0.6 is 18.5 Å². The van der Waals surface area contributed by atoms with Crippen LogP contribution in [0.2, 0.25) is 0 Å². The van der Waals surface area contributed by atoms with Crippen molar-refractivity contribution in [2.75, 3.05) is 0 Å². The first-order chi connectivity index (χ1) is 22.7. The summed E-state index contributed by atoms with van der Waals surface area (Å²) < 4.78 is 20.6. The summed E-state index contributed by atoms with van der Waals surface area (Å²) in [6, 6.07) is 55.6. The van der Waals surface area contributed by atoms with Crippen LogP contribution in [0, 0.1) is 0 Å². The first-order valence-electron chi connectivity index (χ1n) is 15.5. The quantitative estimate of drug-likeness (QED) is 0.180. The van der Waals surface area contributed by atoms with Gasteiger partial charge < -0.3 is 9.13 Å². The maximum atomic E-state index is 15.6. The Morgan fingerprint density at radius 3 is 2.07 bits per heavy atom. The summed E-state index contributed by atoms with van der Waals surface area (Å²) in [6.07, 6.45) is 0. The van der Waals surface area contributed by atoms with Gasteiger partial charge >= 0.3 is 0 Å². The Kier molecular flexibility index (Phi) is 5.46. The molecule has 0 aliphatic carbocycles. The SMILES string of the molecule is O=P1(c2ccccc2)c2ccccc2-c2ccc3c(c21)c1ccccc1n3-c1ccc(-c2ccc3sc4ccccc4c3c2)cc1. The predicted octanol–water partition coefficient (Wildman–Crippen LogP) is 10.4. The van der Waals surface area contributed by atoms with Gasteiger partial charge in [-0.25, -0.2) is 0 Å². The van der Waals surface area contributed by atoms with Crippen molar-refractivity contribution < 1.29 is 4.57 Å². The standard InChI is InChI=1S/C42H26NOPS/c44-45(30-10-2-1-3-11-30)38-16-8-5-12-31(38)33-23-24-37-41(42(33)45)34-14-4-7-15-36(34)43(37)29-21-18-27(19-22-29)28-20-25-40-35(26-28)32-13-6-9-17-39(32)46-40/h1-26H. The van der Waals surface area contributed by atoms with Crippen LogP contribution < -0.4 is 15.9 Å². The third kappa shape index (κ3) is 3.50. The number of thiophene rings is 1. The third-order valence-electron chi connectivity index (χ3n) is 9.61. The first kappa shape index (κ1) is 26.1. The minimum absolute atomic E-state index is 0.880. The summed E-state index contributed by atoms with van der Waals surface area (Å²) in [5.41, 5.74) is 7.81. The highest BCUT2D eigenvalue weighted by molar-refractivity contribution is 7.86. The first-order valence-corrected chi connectivity index (χ1v) is 18.1. The zero-order valence-electron chi connectivity index (χ0n) is 24.7. The van der Waals surface area contributed by atoms with Crippen LogP contribution in [0.5, 0.6) is 0 Å². The van der Waals surface area contributed by atoms with E-state index in [2.05, 4.69) is 126 Å². The second-order valence-electron chi connectivity index (χ2n) is 12.0. The minimum atomic E-state index is -3.12. The van der Waals surface area contributed by atoms with Gasteiger partial charge in [0.15, 0.2) is 7.14 Å². The molecule has 10 rings (SSSR count). The molecule has 0 amide bonds. The molecule has 1 aliphatic rings. The van der Waals surface area contributed by atoms with Crippen LogP contribution in [0.25, 0.3) is 69.9 Å². The number of fused-ring (bicyclic) bond motifs is 10. The molecule has 46 heavy (non-hydrogen) atoms. The molecule has 9 aromatic rings. The average Bonchev–Trinajstić information content (AvgIpc) is 3.75. The molecular formula is C42H26NOPS. The Balaban J connectivity index is 1.19. The Labute approximate surface area is 270 Å². The van der Waals surface area contributed by atoms with Crippen molar-refractivity contribution in [3.05, 3.63) is 158 Å². The van der Waals surface area contributed by atoms with Gasteiger partial charge in [0.25, 0.3) is 0 Å². The van der Waals surface area contributed by atoms with E-state index in [4.69, 9.17) is 0 Å². The lowest BCUT2D eigenvalue weighted by atomic mass is 10.0. The number of para-hydroxylation sites is 1. The van der Waals surface area contributed by atoms with Crippen LogP contribution in [-0.2, 0) is 4.57 Å². The van der Waals surface area contributed by atoms with Gasteiger partial charge in [-0.05, 0) is 64.7 Å². The molecule has 1 unspecified atom stereocenters. The highest BCUT2D eigenvalue weighted by atomic mass is 32.1. The molecule has 7 aromatic carbocycles. The molecule has 0 spiro atoms. The number of hydrogen-bond donors (Lipinski definition) is 0. The summed E-state index contributed by atoms with van der Waals surface area (Å²) in [5, 5.41) is 7.59. The van der Waals surface area contributed by atoms with E-state index in [1.807, 2.05) is 47.7 Å². The van der Waals surface area contributed by atoms with Gasteiger partial charge in [-0.2, -0.15) is 0 Å². The monoisotopic (exact) mass is 623 g/mol. The zero-order chi connectivity index (χ0) is 30.4. The summed E-state index contributed by atoms with van der Waals surface area (Å²) in [6.45, 7) is 0. The molecule has 1 atom stereocenters. The highest BCUT2D eigenvalue weighted by Gasteiger charge is 2.42. The molecule has 0 N–H and O–H groups in total. The van der Waals surface area contributed by atoms with Crippen molar-refractivity contribution in [3.8, 4) is 27.9 Å². The van der Waals surface area contributed by atoms with Crippen molar-refractivity contribution in [3.63, 3.8) is 0 Å². The lowest BCUT2D eigenvalue weighted by Crippen LogP contribution is -2.21. The lowest BCUT2D eigenvalue weighted by Gasteiger charge is -2.17. The summed E-state index contributed by atoms with van der Waals surface area (Å²) in [5.74, 6) is 0. The number of hydrogen-bond acceptors (Lipinski definition) is 2. The third-order valence-corrected chi connectivity index (χ3v) is 14.0. The summed E-state index contributed by atoms with van der Waals surface area (Å²) >= 11 is 1.85. The van der Waals surface area contributed by atoms with E-state index in [0.29, 0.717) is 0 Å². The van der Waals surface area contributed by atoms with Crippen molar-refractivity contribution in [2.24, 2.45) is 0 Å². The van der Waals surface area contributed by atoms with Crippen LogP contribution in [0.3, 0.4) is 0 Å². The Hall–Kier alpha value is -5.21. The van der Waals surface area contributed by atoms with Gasteiger partial charge in [0.2, 0.25) is 0 Å². The molecule has 216 valence electrons. The molecule has 0 radical (unpaired) electrons. The van der Waals surface area contributed by atoms with Gasteiger partial charge in [-0.3, -0.25) is 0 Å². The number of aromatic nitrogens is 1. The number of nitrogens with zero attached hydrogens (tertiary/aromatic N) is 1. The predicted molar refractivity (Wildman–Crippen MR) is 197 cm³/mol. The van der Waals surface area contributed by atoms with Gasteiger partial charge in [0.1, 0.15) is 0 Å². The highest BCUT2D eigenvalue weighted by Crippen LogP contribution is 2.55. The van der Waals surface area contributed by atoms with Gasteiger partial charge in [0.05, 0.1) is 11.0 Å². The molecular weight excluding hydrogens is 598 g/mol. The zero-order valence-corrected chi connectivity index (χ0v) is 26.4. The van der Waals surface area contributed by atoms with Crippen LogP contribution in [0.1, 0.15) is 0 Å². The molecule has 1 aliphatic heterocycles. The average molecular weight is 624 g/mol. The topological polar surface area (TPSA) is 22.0 Å². The molecule has 0 saturated heterocycles. The van der Waals surface area contributed by atoms with Gasteiger partial charge in [-0.15, -0.1) is 11.3 Å². The normalized spacial score (nSPS) is 15.6. The van der Waals surface area contributed by atoms with Crippen molar-refractivity contribution in [1.29, 1.82) is 0 Å². The maximum absolute atomic E-state index is 15.6. The minimum Gasteiger partial charge on any atom is -0.309 e.